The summed E-state index contributed by atoms with van der Waals surface area (Å²) in [5.74, 6) is 1.13. The Morgan fingerprint density at radius 3 is 2.29 bits per heavy atom. The van der Waals surface area contributed by atoms with Crippen LogP contribution in [0.5, 0.6) is 17.4 Å². The van der Waals surface area contributed by atoms with Crippen molar-refractivity contribution < 1.29 is 32.2 Å². The zero-order valence-electron chi connectivity index (χ0n) is 27.6. The highest BCUT2D eigenvalue weighted by molar-refractivity contribution is 6.05. The van der Waals surface area contributed by atoms with Crippen LogP contribution in [0.15, 0.2) is 91.1 Å². The Bertz CT molecular complexity index is 1960. The van der Waals surface area contributed by atoms with Crippen molar-refractivity contribution in [2.75, 3.05) is 38.7 Å². The fraction of sp³-hybridized carbons (Fsp3) is 0.270. The first-order valence-corrected chi connectivity index (χ1v) is 15.8. The maximum atomic E-state index is 13.8. The molecule has 254 valence electrons. The number of rotatable bonds is 8. The van der Waals surface area contributed by atoms with Gasteiger partial charge in [0.15, 0.2) is 0 Å². The summed E-state index contributed by atoms with van der Waals surface area (Å²) >= 11 is 0. The first-order chi connectivity index (χ1) is 23.4. The van der Waals surface area contributed by atoms with E-state index < -0.39 is 17.6 Å². The minimum atomic E-state index is -4.48. The fourth-order valence-corrected chi connectivity index (χ4v) is 6.08. The van der Waals surface area contributed by atoms with Gasteiger partial charge in [0.1, 0.15) is 17.2 Å². The summed E-state index contributed by atoms with van der Waals surface area (Å²) in [5.41, 5.74) is 2.40. The van der Waals surface area contributed by atoms with Gasteiger partial charge in [-0.25, -0.2) is 4.98 Å². The minimum Gasteiger partial charge on any atom is -0.497 e. The van der Waals surface area contributed by atoms with Crippen molar-refractivity contribution in [3.05, 3.63) is 114 Å². The molecule has 0 spiro atoms. The summed E-state index contributed by atoms with van der Waals surface area (Å²) in [7, 11) is 5.05. The van der Waals surface area contributed by atoms with Crippen molar-refractivity contribution in [3.63, 3.8) is 0 Å². The van der Waals surface area contributed by atoms with E-state index in [1.165, 1.54) is 23.7 Å². The molecule has 0 N–H and O–H groups in total. The van der Waals surface area contributed by atoms with Crippen LogP contribution in [0.1, 0.15) is 38.9 Å². The first kappa shape index (κ1) is 33.5. The van der Waals surface area contributed by atoms with Gasteiger partial charge < -0.3 is 23.8 Å². The van der Waals surface area contributed by atoms with Gasteiger partial charge in [-0.15, -0.1) is 0 Å². The number of hydrogen-bond acceptors (Lipinski definition) is 6. The van der Waals surface area contributed by atoms with Crippen LogP contribution >= 0.6 is 0 Å². The van der Waals surface area contributed by atoms with E-state index in [1.807, 2.05) is 46.8 Å². The third kappa shape index (κ3) is 7.24. The summed E-state index contributed by atoms with van der Waals surface area (Å²) in [6.45, 7) is 5.05. The summed E-state index contributed by atoms with van der Waals surface area (Å²) < 4.78 is 51.8. The maximum absolute atomic E-state index is 13.8. The number of alkyl halides is 3. The minimum absolute atomic E-state index is 0.0232. The van der Waals surface area contributed by atoms with E-state index in [4.69, 9.17) is 9.47 Å². The normalized spacial score (nSPS) is 15.3. The molecule has 1 aliphatic heterocycles. The summed E-state index contributed by atoms with van der Waals surface area (Å²) in [6, 6.07) is 22.8. The summed E-state index contributed by atoms with van der Waals surface area (Å²) in [4.78, 5) is 36.5. The zero-order chi connectivity index (χ0) is 34.9. The molecule has 1 saturated heterocycles. The number of anilines is 1. The molecule has 0 aliphatic carbocycles. The summed E-state index contributed by atoms with van der Waals surface area (Å²) in [5, 5.41) is 0.840. The number of piperazine rings is 1. The molecule has 9 nitrogen and oxygen atoms in total. The average molecular weight is 672 g/mol. The van der Waals surface area contributed by atoms with Gasteiger partial charge in [0, 0.05) is 68.8 Å². The molecule has 0 saturated carbocycles. The third-order valence-electron chi connectivity index (χ3n) is 8.87. The average Bonchev–Trinajstić information content (AvgIpc) is 3.43. The molecule has 3 heterocycles. The van der Waals surface area contributed by atoms with Crippen molar-refractivity contribution >= 4 is 28.4 Å². The molecule has 0 radical (unpaired) electrons. The molecule has 0 bridgehead atoms. The molecule has 5 aromatic rings. The van der Waals surface area contributed by atoms with E-state index in [0.717, 1.165) is 60.6 Å². The number of carbonyl (C=O) groups excluding carboxylic acids is 2. The lowest BCUT2D eigenvalue weighted by Gasteiger charge is -2.40. The molecule has 6 rings (SSSR count). The second kappa shape index (κ2) is 13.6. The molecule has 3 aromatic carbocycles. The van der Waals surface area contributed by atoms with E-state index in [1.54, 1.807) is 25.3 Å². The molecular formula is C37H36F3N5O4. The van der Waals surface area contributed by atoms with Gasteiger partial charge in [-0.2, -0.15) is 13.2 Å². The highest BCUT2D eigenvalue weighted by Crippen LogP contribution is 2.31. The van der Waals surface area contributed by atoms with Crippen LogP contribution < -0.4 is 14.4 Å². The maximum Gasteiger partial charge on any atom is 0.416 e. The van der Waals surface area contributed by atoms with E-state index in [9.17, 15) is 22.8 Å². The molecule has 2 amide bonds. The van der Waals surface area contributed by atoms with Crippen LogP contribution in [0.3, 0.4) is 0 Å². The second-order valence-electron chi connectivity index (χ2n) is 12.1. The first-order valence-electron chi connectivity index (χ1n) is 15.8. The Balaban J connectivity index is 1.09. The Morgan fingerprint density at radius 1 is 0.939 bits per heavy atom. The number of carbonyl (C=O) groups is 2. The highest BCUT2D eigenvalue weighted by atomic mass is 19.4. The van der Waals surface area contributed by atoms with E-state index in [0.29, 0.717) is 23.7 Å². The molecule has 1 unspecified atom stereocenters. The summed E-state index contributed by atoms with van der Waals surface area (Å²) in [6.07, 6.45) is -3.03. The smallest absolute Gasteiger partial charge is 0.416 e. The molecule has 1 aliphatic rings. The Labute approximate surface area is 282 Å². The lowest BCUT2D eigenvalue weighted by Crippen LogP contribution is -2.53. The number of aryl methyl sites for hydroxylation is 1. The fourth-order valence-electron chi connectivity index (χ4n) is 6.08. The molecule has 1 fully saturated rings. The number of aromatic nitrogens is 2. The standard InChI is InChI=1S/C37H36F3N5O4/c1-24-22-44(23-25-5-12-30(48-4)13-6-25)17-18-45(24)36(47)33-20-27-19-31(14-15-32(27)43(33)3)49-34-16-11-29(21-41-34)42(2)35(46)26-7-9-28(10-8-26)37(38,39)40/h5-16,19-21,24H,17-18,22-23H2,1-4H3. The lowest BCUT2D eigenvalue weighted by molar-refractivity contribution is -0.137. The van der Waals surface area contributed by atoms with Gasteiger partial charge in [-0.3, -0.25) is 14.5 Å². The zero-order valence-corrected chi connectivity index (χ0v) is 27.6. The largest absolute Gasteiger partial charge is 0.497 e. The topological polar surface area (TPSA) is 80.1 Å². The van der Waals surface area contributed by atoms with E-state index in [-0.39, 0.29) is 23.4 Å². The van der Waals surface area contributed by atoms with E-state index >= 15 is 0 Å². The predicted octanol–water partition coefficient (Wildman–Crippen LogP) is 7.02. The van der Waals surface area contributed by atoms with Crippen molar-refractivity contribution in [3.8, 4) is 17.4 Å². The number of pyridine rings is 1. The lowest BCUT2D eigenvalue weighted by atomic mass is 10.1. The number of methoxy groups -OCH3 is 1. The number of nitrogens with zero attached hydrogens (tertiary/aromatic N) is 5. The van der Waals surface area contributed by atoms with Crippen LogP contribution in [0.2, 0.25) is 0 Å². The monoisotopic (exact) mass is 671 g/mol. The number of halogens is 3. The highest BCUT2D eigenvalue weighted by Gasteiger charge is 2.31. The quantitative estimate of drug-likeness (QED) is 0.177. The van der Waals surface area contributed by atoms with Crippen LogP contribution in [0, 0.1) is 0 Å². The van der Waals surface area contributed by atoms with Crippen LogP contribution in [-0.4, -0.2) is 71.0 Å². The van der Waals surface area contributed by atoms with Crippen molar-refractivity contribution in [1.29, 1.82) is 0 Å². The number of fused-ring (bicyclic) bond motifs is 1. The van der Waals surface area contributed by atoms with E-state index in [2.05, 4.69) is 28.9 Å². The SMILES string of the molecule is COc1ccc(CN2CCN(C(=O)c3cc4cc(Oc5ccc(N(C)C(=O)c6ccc(C(F)(F)F)cc6)cn5)ccc4n3C)C(C)C2)cc1. The molecular weight excluding hydrogens is 635 g/mol. The van der Waals surface area contributed by atoms with Crippen LogP contribution in [0.4, 0.5) is 18.9 Å². The van der Waals surface area contributed by atoms with Gasteiger partial charge in [0.25, 0.3) is 11.8 Å². The second-order valence-corrected chi connectivity index (χ2v) is 12.1. The van der Waals surface area contributed by atoms with Gasteiger partial charge in [-0.05, 0) is 79.2 Å². The van der Waals surface area contributed by atoms with Crippen LogP contribution in [0.25, 0.3) is 10.9 Å². The third-order valence-corrected chi connectivity index (χ3v) is 8.87. The number of ether oxygens (including phenoxy) is 2. The van der Waals surface area contributed by atoms with Crippen molar-refractivity contribution in [1.82, 2.24) is 19.4 Å². The predicted molar refractivity (Wildman–Crippen MR) is 180 cm³/mol. The van der Waals surface area contributed by atoms with Crippen molar-refractivity contribution in [2.45, 2.75) is 25.7 Å². The van der Waals surface area contributed by atoms with Gasteiger partial charge in [0.05, 0.1) is 24.6 Å². The molecule has 2 aromatic heterocycles. The van der Waals surface area contributed by atoms with Crippen LogP contribution in [-0.2, 0) is 19.8 Å². The van der Waals surface area contributed by atoms with Gasteiger partial charge >= 0.3 is 6.18 Å². The Hall–Kier alpha value is -5.36. The Morgan fingerprint density at radius 2 is 1.65 bits per heavy atom. The molecule has 1 atom stereocenters. The number of hydrogen-bond donors (Lipinski definition) is 0. The Kier molecular flexibility index (Phi) is 9.33. The molecule has 49 heavy (non-hydrogen) atoms. The van der Waals surface area contributed by atoms with Gasteiger partial charge in [-0.1, -0.05) is 12.1 Å². The molecule has 12 heteroatoms. The number of benzene rings is 3. The van der Waals surface area contributed by atoms with Crippen molar-refractivity contribution in [2.24, 2.45) is 7.05 Å². The number of amides is 2. The van der Waals surface area contributed by atoms with Gasteiger partial charge in [0.2, 0.25) is 5.88 Å².